The Kier molecular flexibility index (Phi) is 6.57. The standard InChI is InChI=1S/C11H21N3O3/c1-17-8-2-3-12-11(16)9-13-4-6-14(10-15)7-5-13/h10H,2-9H2,1H3,(H,12,16). The van der Waals surface area contributed by atoms with Gasteiger partial charge >= 0.3 is 0 Å². The van der Waals surface area contributed by atoms with Crippen molar-refractivity contribution < 1.29 is 14.3 Å². The predicted octanol–water partition coefficient (Wildman–Crippen LogP) is -1.09. The van der Waals surface area contributed by atoms with Gasteiger partial charge in [0.2, 0.25) is 12.3 Å². The Morgan fingerprint density at radius 1 is 1.35 bits per heavy atom. The van der Waals surface area contributed by atoms with Crippen LogP contribution in [-0.2, 0) is 14.3 Å². The fourth-order valence-electron chi connectivity index (χ4n) is 1.73. The van der Waals surface area contributed by atoms with Crippen molar-refractivity contribution in [1.29, 1.82) is 0 Å². The van der Waals surface area contributed by atoms with Crippen molar-refractivity contribution in [2.24, 2.45) is 0 Å². The summed E-state index contributed by atoms with van der Waals surface area (Å²) in [5.41, 5.74) is 0. The van der Waals surface area contributed by atoms with E-state index in [2.05, 4.69) is 10.2 Å². The quantitative estimate of drug-likeness (QED) is 0.456. The summed E-state index contributed by atoms with van der Waals surface area (Å²) in [4.78, 5) is 25.8. The molecule has 0 aliphatic carbocycles. The number of carbonyl (C=O) groups is 2. The van der Waals surface area contributed by atoms with Crippen LogP contribution in [0.1, 0.15) is 6.42 Å². The van der Waals surface area contributed by atoms with Crippen LogP contribution >= 0.6 is 0 Å². The van der Waals surface area contributed by atoms with Gasteiger partial charge in [0, 0.05) is 46.4 Å². The summed E-state index contributed by atoms with van der Waals surface area (Å²) in [5.74, 6) is 0.0423. The van der Waals surface area contributed by atoms with Crippen LogP contribution in [0.5, 0.6) is 0 Å². The second-order valence-corrected chi connectivity index (χ2v) is 4.11. The topological polar surface area (TPSA) is 61.9 Å². The molecule has 1 N–H and O–H groups in total. The summed E-state index contributed by atoms with van der Waals surface area (Å²) in [6, 6.07) is 0. The molecule has 0 saturated carbocycles. The second kappa shape index (κ2) is 8.03. The Bertz CT molecular complexity index is 240. The molecule has 1 heterocycles. The van der Waals surface area contributed by atoms with E-state index in [1.165, 1.54) is 0 Å². The molecule has 1 saturated heterocycles. The zero-order chi connectivity index (χ0) is 12.5. The van der Waals surface area contributed by atoms with E-state index < -0.39 is 0 Å². The van der Waals surface area contributed by atoms with E-state index in [1.807, 2.05) is 0 Å². The van der Waals surface area contributed by atoms with Crippen LogP contribution in [0.4, 0.5) is 0 Å². The molecule has 6 nitrogen and oxygen atoms in total. The first kappa shape index (κ1) is 13.9. The molecule has 0 atom stereocenters. The van der Waals surface area contributed by atoms with Crippen molar-refractivity contribution in [2.45, 2.75) is 6.42 Å². The van der Waals surface area contributed by atoms with Crippen LogP contribution in [0.15, 0.2) is 0 Å². The normalized spacial score (nSPS) is 16.9. The summed E-state index contributed by atoms with van der Waals surface area (Å²) in [6.45, 7) is 4.69. The molecule has 1 fully saturated rings. The Balaban J connectivity index is 2.08. The van der Waals surface area contributed by atoms with Crippen LogP contribution in [0.2, 0.25) is 0 Å². The zero-order valence-electron chi connectivity index (χ0n) is 10.4. The third kappa shape index (κ3) is 5.65. The summed E-state index contributed by atoms with van der Waals surface area (Å²) in [7, 11) is 1.65. The lowest BCUT2D eigenvalue weighted by Gasteiger charge is -2.31. The van der Waals surface area contributed by atoms with E-state index in [0.717, 1.165) is 25.9 Å². The van der Waals surface area contributed by atoms with Gasteiger partial charge in [-0.1, -0.05) is 0 Å². The van der Waals surface area contributed by atoms with Crippen LogP contribution in [-0.4, -0.2) is 75.1 Å². The molecule has 17 heavy (non-hydrogen) atoms. The van der Waals surface area contributed by atoms with E-state index >= 15 is 0 Å². The maximum absolute atomic E-state index is 11.5. The highest BCUT2D eigenvalue weighted by atomic mass is 16.5. The molecule has 0 aromatic heterocycles. The number of hydrogen-bond donors (Lipinski definition) is 1. The number of nitrogens with zero attached hydrogens (tertiary/aromatic N) is 2. The molecular formula is C11H21N3O3. The molecule has 0 bridgehead atoms. The largest absolute Gasteiger partial charge is 0.385 e. The minimum absolute atomic E-state index is 0.0423. The molecule has 0 spiro atoms. The van der Waals surface area contributed by atoms with E-state index in [4.69, 9.17) is 4.74 Å². The molecular weight excluding hydrogens is 222 g/mol. The van der Waals surface area contributed by atoms with Crippen LogP contribution in [0.25, 0.3) is 0 Å². The van der Waals surface area contributed by atoms with Crippen molar-refractivity contribution in [3.05, 3.63) is 0 Å². The zero-order valence-corrected chi connectivity index (χ0v) is 10.4. The highest BCUT2D eigenvalue weighted by molar-refractivity contribution is 5.78. The van der Waals surface area contributed by atoms with Gasteiger partial charge in [0.1, 0.15) is 0 Å². The average molecular weight is 243 g/mol. The highest BCUT2D eigenvalue weighted by Gasteiger charge is 2.17. The minimum Gasteiger partial charge on any atom is -0.385 e. The van der Waals surface area contributed by atoms with Gasteiger partial charge in [-0.3, -0.25) is 14.5 Å². The van der Waals surface area contributed by atoms with Crippen molar-refractivity contribution in [3.8, 4) is 0 Å². The Hall–Kier alpha value is -1.14. The smallest absolute Gasteiger partial charge is 0.234 e. The SMILES string of the molecule is COCCCNC(=O)CN1CCN(C=O)CC1. The average Bonchev–Trinajstić information content (AvgIpc) is 2.36. The highest BCUT2D eigenvalue weighted by Crippen LogP contribution is 1.98. The number of methoxy groups -OCH3 is 1. The van der Waals surface area contributed by atoms with Gasteiger partial charge in [-0.2, -0.15) is 0 Å². The van der Waals surface area contributed by atoms with Crippen molar-refractivity contribution in [1.82, 2.24) is 15.1 Å². The van der Waals surface area contributed by atoms with Crippen molar-refractivity contribution in [3.63, 3.8) is 0 Å². The maximum Gasteiger partial charge on any atom is 0.234 e. The van der Waals surface area contributed by atoms with Gasteiger partial charge in [-0.05, 0) is 6.42 Å². The number of piperazine rings is 1. The van der Waals surface area contributed by atoms with Crippen LogP contribution < -0.4 is 5.32 Å². The number of nitrogens with one attached hydrogen (secondary N) is 1. The number of ether oxygens (including phenoxy) is 1. The molecule has 0 unspecified atom stereocenters. The van der Waals surface area contributed by atoms with E-state index in [0.29, 0.717) is 32.8 Å². The molecule has 6 heteroatoms. The third-order valence-corrected chi connectivity index (χ3v) is 2.77. The van der Waals surface area contributed by atoms with Crippen molar-refractivity contribution >= 4 is 12.3 Å². The number of rotatable bonds is 7. The summed E-state index contributed by atoms with van der Waals surface area (Å²) in [5, 5.41) is 2.85. The van der Waals surface area contributed by atoms with Gasteiger partial charge in [0.25, 0.3) is 0 Å². The van der Waals surface area contributed by atoms with Gasteiger partial charge < -0.3 is 15.0 Å². The molecule has 0 radical (unpaired) electrons. The first-order valence-electron chi connectivity index (χ1n) is 5.93. The predicted molar refractivity (Wildman–Crippen MR) is 63.6 cm³/mol. The first-order valence-corrected chi connectivity index (χ1v) is 5.93. The lowest BCUT2D eigenvalue weighted by molar-refractivity contribution is -0.123. The first-order chi connectivity index (χ1) is 8.26. The molecule has 2 amide bonds. The number of carbonyl (C=O) groups excluding carboxylic acids is 2. The van der Waals surface area contributed by atoms with Gasteiger partial charge in [-0.25, -0.2) is 0 Å². The molecule has 1 rings (SSSR count). The summed E-state index contributed by atoms with van der Waals surface area (Å²) < 4.78 is 4.90. The summed E-state index contributed by atoms with van der Waals surface area (Å²) in [6.07, 6.45) is 1.70. The fraction of sp³-hybridized carbons (Fsp3) is 0.818. The van der Waals surface area contributed by atoms with Gasteiger partial charge in [0.15, 0.2) is 0 Å². The van der Waals surface area contributed by atoms with Gasteiger partial charge in [0.05, 0.1) is 6.54 Å². The minimum atomic E-state index is 0.0423. The van der Waals surface area contributed by atoms with Crippen molar-refractivity contribution in [2.75, 3.05) is 53.0 Å². The summed E-state index contributed by atoms with van der Waals surface area (Å²) >= 11 is 0. The van der Waals surface area contributed by atoms with Gasteiger partial charge in [-0.15, -0.1) is 0 Å². The third-order valence-electron chi connectivity index (χ3n) is 2.77. The van der Waals surface area contributed by atoms with Crippen LogP contribution in [0.3, 0.4) is 0 Å². The Morgan fingerprint density at radius 2 is 2.06 bits per heavy atom. The fourth-order valence-corrected chi connectivity index (χ4v) is 1.73. The number of amides is 2. The molecule has 1 aliphatic heterocycles. The molecule has 0 aromatic rings. The Labute approximate surface area is 102 Å². The lowest BCUT2D eigenvalue weighted by Crippen LogP contribution is -2.49. The Morgan fingerprint density at radius 3 is 2.65 bits per heavy atom. The molecule has 98 valence electrons. The molecule has 0 aromatic carbocycles. The van der Waals surface area contributed by atoms with E-state index in [9.17, 15) is 9.59 Å². The van der Waals surface area contributed by atoms with Crippen LogP contribution in [0, 0.1) is 0 Å². The second-order valence-electron chi connectivity index (χ2n) is 4.11. The molecule has 1 aliphatic rings. The maximum atomic E-state index is 11.5. The number of hydrogen-bond acceptors (Lipinski definition) is 4. The lowest BCUT2D eigenvalue weighted by atomic mass is 10.3. The van der Waals surface area contributed by atoms with E-state index in [-0.39, 0.29) is 5.91 Å². The monoisotopic (exact) mass is 243 g/mol. The van der Waals surface area contributed by atoms with E-state index in [1.54, 1.807) is 12.0 Å².